The van der Waals surface area contributed by atoms with Gasteiger partial charge in [-0.1, -0.05) is 133 Å². The second-order valence-electron chi connectivity index (χ2n) is 11.7. The van der Waals surface area contributed by atoms with Gasteiger partial charge >= 0.3 is 0 Å². The summed E-state index contributed by atoms with van der Waals surface area (Å²) in [6, 6.07) is 45.0. The Bertz CT molecular complexity index is 2330. The number of rotatable bonds is 2. The average molecular weight is 533 g/mol. The lowest BCUT2D eigenvalue weighted by Gasteiger charge is -2.21. The standard InChI is InChI=1S/C42H28/c1-26-17-24-37-40-33(26)15-8-16-36(40)41-39(32-23-20-29-11-4-5-12-31(29)25-32)35-14-7-6-13-34(35)38(42(37)41)30-21-18-27-9-2-3-10-28(27)19-22-30/h2-18,20-25H,19H2,1H3. The summed E-state index contributed by atoms with van der Waals surface area (Å²) < 4.78 is 0. The van der Waals surface area contributed by atoms with E-state index in [1.807, 2.05) is 0 Å². The summed E-state index contributed by atoms with van der Waals surface area (Å²) in [5, 5.41) is 7.88. The Morgan fingerprint density at radius 3 is 2.12 bits per heavy atom. The van der Waals surface area contributed by atoms with Gasteiger partial charge in [0.25, 0.3) is 0 Å². The molecule has 0 saturated heterocycles. The number of aryl methyl sites for hydroxylation is 1. The van der Waals surface area contributed by atoms with Crippen LogP contribution in [0.2, 0.25) is 0 Å². The molecule has 0 radical (unpaired) electrons. The van der Waals surface area contributed by atoms with E-state index in [4.69, 9.17) is 0 Å². The van der Waals surface area contributed by atoms with E-state index in [9.17, 15) is 0 Å². The predicted molar refractivity (Wildman–Crippen MR) is 181 cm³/mol. The van der Waals surface area contributed by atoms with Crippen LogP contribution in [0, 0.1) is 6.92 Å². The van der Waals surface area contributed by atoms with Gasteiger partial charge in [-0.05, 0) is 113 Å². The third-order valence-corrected chi connectivity index (χ3v) is 9.38. The van der Waals surface area contributed by atoms with E-state index >= 15 is 0 Å². The first-order chi connectivity index (χ1) is 20.8. The normalized spacial score (nSPS) is 13.3. The molecule has 0 aliphatic heterocycles. The lowest BCUT2D eigenvalue weighted by Crippen LogP contribution is -1.96. The monoisotopic (exact) mass is 532 g/mol. The van der Waals surface area contributed by atoms with E-state index in [1.54, 1.807) is 0 Å². The quantitative estimate of drug-likeness (QED) is 0.208. The molecule has 0 spiro atoms. The van der Waals surface area contributed by atoms with Crippen LogP contribution in [0.25, 0.3) is 77.3 Å². The largest absolute Gasteiger partial charge is 0.0722 e. The minimum Gasteiger partial charge on any atom is -0.0722 e. The smallest absolute Gasteiger partial charge is 0.000741 e. The number of hydrogen-bond acceptors (Lipinski definition) is 0. The Morgan fingerprint density at radius 1 is 0.500 bits per heavy atom. The van der Waals surface area contributed by atoms with Crippen LogP contribution in [0.15, 0.2) is 133 Å². The molecule has 0 amide bonds. The highest BCUT2D eigenvalue weighted by Crippen LogP contribution is 2.57. The fraction of sp³-hybridized carbons (Fsp3) is 0.0476. The molecule has 2 aliphatic carbocycles. The number of allylic oxidation sites excluding steroid dienone is 3. The number of hydrogen-bond donors (Lipinski definition) is 0. The van der Waals surface area contributed by atoms with Crippen LogP contribution in [0.1, 0.15) is 22.3 Å². The Kier molecular flexibility index (Phi) is 4.98. The molecule has 2 aliphatic rings. The van der Waals surface area contributed by atoms with Crippen molar-refractivity contribution in [3.8, 4) is 33.4 Å². The highest BCUT2D eigenvalue weighted by Gasteiger charge is 2.31. The van der Waals surface area contributed by atoms with Gasteiger partial charge in [0.05, 0.1) is 0 Å². The van der Waals surface area contributed by atoms with Crippen LogP contribution in [0.5, 0.6) is 0 Å². The summed E-state index contributed by atoms with van der Waals surface area (Å²) in [7, 11) is 0. The summed E-state index contributed by atoms with van der Waals surface area (Å²) in [4.78, 5) is 0. The Labute approximate surface area is 245 Å². The second kappa shape index (κ2) is 8.90. The Balaban J connectivity index is 1.45. The molecule has 0 fully saturated rings. The third-order valence-electron chi connectivity index (χ3n) is 9.38. The molecule has 0 heterocycles. The van der Waals surface area contributed by atoms with Gasteiger partial charge in [-0.3, -0.25) is 0 Å². The lowest BCUT2D eigenvalue weighted by atomic mass is 9.82. The van der Waals surface area contributed by atoms with Gasteiger partial charge in [0.2, 0.25) is 0 Å². The van der Waals surface area contributed by atoms with Crippen LogP contribution in [0.4, 0.5) is 0 Å². The van der Waals surface area contributed by atoms with Crippen LogP contribution in [0.3, 0.4) is 0 Å². The lowest BCUT2D eigenvalue weighted by molar-refractivity contribution is 1.27. The van der Waals surface area contributed by atoms with Crippen molar-refractivity contribution in [1.29, 1.82) is 0 Å². The van der Waals surface area contributed by atoms with Gasteiger partial charge in [-0.2, -0.15) is 0 Å². The zero-order valence-electron chi connectivity index (χ0n) is 23.5. The molecule has 0 bridgehead atoms. The molecule has 7 aromatic rings. The van der Waals surface area contributed by atoms with Crippen molar-refractivity contribution in [2.45, 2.75) is 13.3 Å². The van der Waals surface area contributed by atoms with Gasteiger partial charge in [0, 0.05) is 0 Å². The zero-order chi connectivity index (χ0) is 27.8. The van der Waals surface area contributed by atoms with Crippen molar-refractivity contribution >= 4 is 44.0 Å². The van der Waals surface area contributed by atoms with Crippen LogP contribution < -0.4 is 0 Å². The molecule has 0 unspecified atom stereocenters. The van der Waals surface area contributed by atoms with Crippen molar-refractivity contribution in [1.82, 2.24) is 0 Å². The molecule has 0 heteroatoms. The van der Waals surface area contributed by atoms with Gasteiger partial charge in [0.1, 0.15) is 0 Å². The summed E-state index contributed by atoms with van der Waals surface area (Å²) in [5.74, 6) is 0. The number of benzene rings is 7. The zero-order valence-corrected chi connectivity index (χ0v) is 23.5. The molecule has 0 aromatic heterocycles. The fourth-order valence-corrected chi connectivity index (χ4v) is 7.43. The molecule has 42 heavy (non-hydrogen) atoms. The summed E-state index contributed by atoms with van der Waals surface area (Å²) in [6.07, 6.45) is 8.01. The molecular formula is C42H28. The van der Waals surface area contributed by atoms with Crippen molar-refractivity contribution in [2.75, 3.05) is 0 Å². The molecule has 0 nitrogen and oxygen atoms in total. The van der Waals surface area contributed by atoms with Crippen LogP contribution in [-0.2, 0) is 6.42 Å². The Hall–Kier alpha value is -5.20. The summed E-state index contributed by atoms with van der Waals surface area (Å²) in [5.41, 5.74) is 14.7. The average Bonchev–Trinajstić information content (AvgIpc) is 3.21. The Morgan fingerprint density at radius 2 is 1.21 bits per heavy atom. The van der Waals surface area contributed by atoms with E-state index in [0.717, 1.165) is 6.42 Å². The highest BCUT2D eigenvalue weighted by atomic mass is 14.3. The third kappa shape index (κ3) is 3.30. The number of fused-ring (bicyclic) bond motifs is 6. The summed E-state index contributed by atoms with van der Waals surface area (Å²) in [6.45, 7) is 2.24. The molecule has 9 rings (SSSR count). The van der Waals surface area contributed by atoms with E-state index in [0.29, 0.717) is 0 Å². The van der Waals surface area contributed by atoms with Crippen molar-refractivity contribution in [2.24, 2.45) is 0 Å². The van der Waals surface area contributed by atoms with E-state index in [1.165, 1.54) is 93.5 Å². The van der Waals surface area contributed by atoms with E-state index in [-0.39, 0.29) is 0 Å². The molecule has 196 valence electrons. The maximum absolute atomic E-state index is 2.44. The predicted octanol–water partition coefficient (Wildman–Crippen LogP) is 11.4. The molecule has 0 N–H and O–H groups in total. The topological polar surface area (TPSA) is 0 Å². The molecular weight excluding hydrogens is 504 g/mol. The van der Waals surface area contributed by atoms with Gasteiger partial charge in [0.15, 0.2) is 0 Å². The van der Waals surface area contributed by atoms with Gasteiger partial charge in [-0.15, -0.1) is 0 Å². The fourth-order valence-electron chi connectivity index (χ4n) is 7.43. The van der Waals surface area contributed by atoms with Gasteiger partial charge in [-0.25, -0.2) is 0 Å². The van der Waals surface area contributed by atoms with Crippen molar-refractivity contribution in [3.05, 3.63) is 156 Å². The highest BCUT2D eigenvalue weighted by molar-refractivity contribution is 6.26. The maximum atomic E-state index is 2.44. The minimum atomic E-state index is 0.921. The van der Waals surface area contributed by atoms with Crippen molar-refractivity contribution < 1.29 is 0 Å². The second-order valence-corrected chi connectivity index (χ2v) is 11.7. The summed E-state index contributed by atoms with van der Waals surface area (Å²) >= 11 is 0. The maximum Gasteiger partial charge on any atom is -0.000741 e. The minimum absolute atomic E-state index is 0.921. The van der Waals surface area contributed by atoms with E-state index < -0.39 is 0 Å². The first kappa shape index (κ1) is 23.5. The van der Waals surface area contributed by atoms with Gasteiger partial charge < -0.3 is 0 Å². The first-order valence-electron chi connectivity index (χ1n) is 14.8. The van der Waals surface area contributed by atoms with E-state index in [2.05, 4.69) is 146 Å². The van der Waals surface area contributed by atoms with Crippen LogP contribution >= 0.6 is 0 Å². The molecule has 7 aromatic carbocycles. The first-order valence-corrected chi connectivity index (χ1v) is 14.8. The van der Waals surface area contributed by atoms with Crippen LogP contribution in [-0.4, -0.2) is 0 Å². The molecule has 0 atom stereocenters. The SMILES string of the molecule is Cc1ccc2c3c(cccc13)-c1c-2c(C2=CCc3ccccc3C=C2)c2ccccc2c1-c1ccc2ccccc2c1. The van der Waals surface area contributed by atoms with Crippen molar-refractivity contribution in [3.63, 3.8) is 0 Å². The molecule has 0 saturated carbocycles.